The summed E-state index contributed by atoms with van der Waals surface area (Å²) in [5.41, 5.74) is 1.01. The molecule has 0 fully saturated rings. The minimum atomic E-state index is 0.570. The van der Waals surface area contributed by atoms with Gasteiger partial charge in [-0.05, 0) is 25.1 Å². The van der Waals surface area contributed by atoms with Crippen LogP contribution in [0.4, 0.5) is 0 Å². The van der Waals surface area contributed by atoms with Crippen molar-refractivity contribution in [2.24, 2.45) is 0 Å². The Morgan fingerprint density at radius 2 is 2.41 bits per heavy atom. The first-order valence-electron chi connectivity index (χ1n) is 5.50. The van der Waals surface area contributed by atoms with Crippen LogP contribution in [-0.4, -0.2) is 18.1 Å². The number of ether oxygens (including phenoxy) is 1. The molecular formula is C13H14N2OS. The van der Waals surface area contributed by atoms with Gasteiger partial charge in [0.15, 0.2) is 0 Å². The molecule has 88 valence electrons. The molecule has 0 atom stereocenters. The monoisotopic (exact) mass is 246 g/mol. The maximum Gasteiger partial charge on any atom is 0.120 e. The Morgan fingerprint density at radius 1 is 1.53 bits per heavy atom. The van der Waals surface area contributed by atoms with Crippen molar-refractivity contribution in [2.45, 2.75) is 13.5 Å². The Morgan fingerprint density at radius 3 is 3.18 bits per heavy atom. The molecule has 1 heterocycles. The molecule has 0 aliphatic heterocycles. The van der Waals surface area contributed by atoms with Gasteiger partial charge in [0.1, 0.15) is 10.8 Å². The van der Waals surface area contributed by atoms with Gasteiger partial charge in [0.05, 0.1) is 23.4 Å². The highest BCUT2D eigenvalue weighted by Crippen LogP contribution is 2.26. The summed E-state index contributed by atoms with van der Waals surface area (Å²) in [7, 11) is 0. The lowest BCUT2D eigenvalue weighted by Crippen LogP contribution is -2.12. The first kappa shape index (κ1) is 11.9. The van der Waals surface area contributed by atoms with Crippen molar-refractivity contribution in [2.75, 3.05) is 13.2 Å². The average molecular weight is 246 g/mol. The van der Waals surface area contributed by atoms with Crippen LogP contribution in [0.3, 0.4) is 0 Å². The van der Waals surface area contributed by atoms with E-state index in [0.717, 1.165) is 21.0 Å². The number of nitrogens with zero attached hydrogens (tertiary/aromatic N) is 1. The molecule has 0 saturated carbocycles. The van der Waals surface area contributed by atoms with E-state index in [-0.39, 0.29) is 0 Å². The van der Waals surface area contributed by atoms with Crippen LogP contribution in [0, 0.1) is 12.3 Å². The van der Waals surface area contributed by atoms with Gasteiger partial charge in [0.25, 0.3) is 0 Å². The van der Waals surface area contributed by atoms with Gasteiger partial charge < -0.3 is 4.74 Å². The van der Waals surface area contributed by atoms with Gasteiger partial charge in [-0.15, -0.1) is 17.8 Å². The Hall–Kier alpha value is -1.57. The molecule has 4 heteroatoms. The average Bonchev–Trinajstić information content (AvgIpc) is 2.72. The molecule has 0 aliphatic rings. The second-order valence-corrected chi connectivity index (χ2v) is 4.59. The minimum absolute atomic E-state index is 0.570. The molecule has 2 rings (SSSR count). The van der Waals surface area contributed by atoms with E-state index in [1.165, 1.54) is 0 Å². The fraction of sp³-hybridized carbons (Fsp3) is 0.308. The van der Waals surface area contributed by atoms with E-state index in [0.29, 0.717) is 19.7 Å². The third kappa shape index (κ3) is 2.96. The molecule has 0 spiro atoms. The summed E-state index contributed by atoms with van der Waals surface area (Å²) in [6, 6.07) is 5.97. The molecule has 1 aromatic carbocycles. The van der Waals surface area contributed by atoms with Crippen LogP contribution < -0.4 is 10.1 Å². The molecule has 17 heavy (non-hydrogen) atoms. The van der Waals surface area contributed by atoms with E-state index in [4.69, 9.17) is 11.2 Å². The molecule has 0 unspecified atom stereocenters. The van der Waals surface area contributed by atoms with Crippen molar-refractivity contribution < 1.29 is 4.74 Å². The highest BCUT2D eigenvalue weighted by atomic mass is 32.1. The van der Waals surface area contributed by atoms with Gasteiger partial charge in [0, 0.05) is 6.54 Å². The molecule has 0 aliphatic carbocycles. The predicted molar refractivity (Wildman–Crippen MR) is 71.3 cm³/mol. The fourth-order valence-corrected chi connectivity index (χ4v) is 2.49. The number of hydrogen-bond donors (Lipinski definition) is 1. The van der Waals surface area contributed by atoms with Gasteiger partial charge in [0.2, 0.25) is 0 Å². The number of terminal acetylenes is 1. The SMILES string of the molecule is C#CCNCc1nc2ccc(OCC)cc2s1. The van der Waals surface area contributed by atoms with E-state index in [9.17, 15) is 0 Å². The van der Waals surface area contributed by atoms with Crippen LogP contribution in [0.15, 0.2) is 18.2 Å². The van der Waals surface area contributed by atoms with Crippen molar-refractivity contribution in [1.82, 2.24) is 10.3 Å². The maximum atomic E-state index is 5.46. The van der Waals surface area contributed by atoms with Gasteiger partial charge in [-0.1, -0.05) is 5.92 Å². The summed E-state index contributed by atoms with van der Waals surface area (Å²) in [4.78, 5) is 4.52. The number of nitrogens with one attached hydrogen (secondary N) is 1. The lowest BCUT2D eigenvalue weighted by atomic mass is 10.3. The summed E-state index contributed by atoms with van der Waals surface area (Å²) in [6.45, 7) is 3.95. The lowest BCUT2D eigenvalue weighted by Gasteiger charge is -2.00. The molecule has 1 N–H and O–H groups in total. The highest BCUT2D eigenvalue weighted by molar-refractivity contribution is 7.18. The van der Waals surface area contributed by atoms with E-state index in [1.54, 1.807) is 11.3 Å². The Bertz CT molecular complexity index is 542. The Balaban J connectivity index is 2.16. The van der Waals surface area contributed by atoms with Crippen LogP contribution in [0.1, 0.15) is 11.9 Å². The number of aromatic nitrogens is 1. The lowest BCUT2D eigenvalue weighted by molar-refractivity contribution is 0.341. The minimum Gasteiger partial charge on any atom is -0.494 e. The topological polar surface area (TPSA) is 34.2 Å². The van der Waals surface area contributed by atoms with E-state index in [2.05, 4.69) is 16.2 Å². The van der Waals surface area contributed by atoms with Crippen molar-refractivity contribution in [1.29, 1.82) is 0 Å². The highest BCUT2D eigenvalue weighted by Gasteiger charge is 2.04. The first-order valence-corrected chi connectivity index (χ1v) is 6.31. The Labute approximate surface area is 105 Å². The molecule has 0 amide bonds. The van der Waals surface area contributed by atoms with Crippen LogP contribution in [-0.2, 0) is 6.54 Å². The zero-order chi connectivity index (χ0) is 12.1. The number of hydrogen-bond acceptors (Lipinski definition) is 4. The van der Waals surface area contributed by atoms with Crippen molar-refractivity contribution in [3.8, 4) is 18.1 Å². The molecule has 0 bridgehead atoms. The number of thiazole rings is 1. The zero-order valence-electron chi connectivity index (χ0n) is 9.69. The third-order valence-corrected chi connectivity index (χ3v) is 3.24. The van der Waals surface area contributed by atoms with E-state index in [1.807, 2.05) is 25.1 Å². The number of rotatable bonds is 5. The smallest absolute Gasteiger partial charge is 0.120 e. The summed E-state index contributed by atoms with van der Waals surface area (Å²) >= 11 is 1.67. The van der Waals surface area contributed by atoms with Gasteiger partial charge in [-0.3, -0.25) is 5.32 Å². The second-order valence-electron chi connectivity index (χ2n) is 3.48. The van der Waals surface area contributed by atoms with Crippen molar-refractivity contribution >= 4 is 21.6 Å². The van der Waals surface area contributed by atoms with Crippen LogP contribution in [0.2, 0.25) is 0 Å². The Kier molecular flexibility index (Phi) is 3.97. The van der Waals surface area contributed by atoms with Crippen LogP contribution >= 0.6 is 11.3 Å². The van der Waals surface area contributed by atoms with Crippen LogP contribution in [0.5, 0.6) is 5.75 Å². The molecule has 0 saturated heterocycles. The quantitative estimate of drug-likeness (QED) is 0.650. The largest absolute Gasteiger partial charge is 0.494 e. The summed E-state index contributed by atoms with van der Waals surface area (Å²) < 4.78 is 6.61. The van der Waals surface area contributed by atoms with Crippen molar-refractivity contribution in [3.63, 3.8) is 0 Å². The van der Waals surface area contributed by atoms with Crippen LogP contribution in [0.25, 0.3) is 10.2 Å². The molecule has 0 radical (unpaired) electrons. The van der Waals surface area contributed by atoms with E-state index < -0.39 is 0 Å². The molecule has 1 aromatic heterocycles. The summed E-state index contributed by atoms with van der Waals surface area (Å²) in [5, 5.41) is 4.18. The summed E-state index contributed by atoms with van der Waals surface area (Å²) in [6.07, 6.45) is 5.17. The molecule has 3 nitrogen and oxygen atoms in total. The van der Waals surface area contributed by atoms with Gasteiger partial charge in [-0.25, -0.2) is 4.98 Å². The molecule has 2 aromatic rings. The predicted octanol–water partition coefficient (Wildman–Crippen LogP) is 2.42. The van der Waals surface area contributed by atoms with Crippen molar-refractivity contribution in [3.05, 3.63) is 23.2 Å². The fourth-order valence-electron chi connectivity index (χ4n) is 1.53. The summed E-state index contributed by atoms with van der Waals surface area (Å²) in [5.74, 6) is 3.44. The molecular weight excluding hydrogens is 232 g/mol. The normalized spacial score (nSPS) is 10.4. The third-order valence-electron chi connectivity index (χ3n) is 2.22. The number of fused-ring (bicyclic) bond motifs is 1. The van der Waals surface area contributed by atoms with Gasteiger partial charge in [-0.2, -0.15) is 0 Å². The second kappa shape index (κ2) is 5.67. The maximum absolute atomic E-state index is 5.46. The van der Waals surface area contributed by atoms with Gasteiger partial charge >= 0.3 is 0 Å². The first-order chi connectivity index (χ1) is 8.33. The standard InChI is InChI=1S/C13H14N2OS/c1-3-7-14-9-13-15-11-6-5-10(16-4-2)8-12(11)17-13/h1,5-6,8,14H,4,7,9H2,2H3. The zero-order valence-corrected chi connectivity index (χ0v) is 10.5. The van der Waals surface area contributed by atoms with E-state index >= 15 is 0 Å². The number of benzene rings is 1.